The lowest BCUT2D eigenvalue weighted by molar-refractivity contribution is -0.119. The van der Waals surface area contributed by atoms with E-state index in [1.165, 1.54) is 17.6 Å². The van der Waals surface area contributed by atoms with Crippen molar-refractivity contribution < 1.29 is 17.9 Å². The summed E-state index contributed by atoms with van der Waals surface area (Å²) in [7, 11) is 0.420. The fourth-order valence-electron chi connectivity index (χ4n) is 4.26. The number of sulfone groups is 1. The number of anilines is 1. The highest BCUT2D eigenvalue weighted by atomic mass is 32.2. The molecule has 0 atom stereocenters. The zero-order valence-corrected chi connectivity index (χ0v) is 21.3. The number of rotatable bonds is 6. The maximum atomic E-state index is 14.3. The molecule has 0 radical (unpaired) electrons. The molecule has 7 nitrogen and oxygen atoms in total. The lowest BCUT2D eigenvalue weighted by Crippen LogP contribution is -2.40. The molecule has 1 aromatic heterocycles. The molecule has 0 spiro atoms. The molecule has 9 heteroatoms. The molecular weight excluding hydrogens is 482 g/mol. The molecule has 0 saturated carbocycles. The normalized spacial score (nSPS) is 13.4. The number of nitrogens with zero attached hydrogens (tertiary/aromatic N) is 3. The van der Waals surface area contributed by atoms with Crippen LogP contribution >= 0.6 is 11.3 Å². The van der Waals surface area contributed by atoms with E-state index in [9.17, 15) is 13.2 Å². The van der Waals surface area contributed by atoms with Gasteiger partial charge in [-0.15, -0.1) is 0 Å². The largest absolute Gasteiger partial charge is 0.457 e. The molecule has 1 aliphatic rings. The van der Waals surface area contributed by atoms with Crippen molar-refractivity contribution in [2.45, 2.75) is 10.8 Å². The highest BCUT2D eigenvalue weighted by molar-refractivity contribution is 7.91. The summed E-state index contributed by atoms with van der Waals surface area (Å²) in [6, 6.07) is 20.2. The highest BCUT2D eigenvalue weighted by Crippen LogP contribution is 2.45. The van der Waals surface area contributed by atoms with E-state index in [1.54, 1.807) is 17.0 Å². The number of carbonyl (C=O) groups is 1. The Morgan fingerprint density at radius 2 is 1.57 bits per heavy atom. The van der Waals surface area contributed by atoms with E-state index in [-0.39, 0.29) is 10.8 Å². The number of amides is 1. The molecule has 0 saturated heterocycles. The maximum Gasteiger partial charge on any atom is 0.241 e. The van der Waals surface area contributed by atoms with Crippen LogP contribution in [-0.4, -0.2) is 57.6 Å². The molecule has 0 fully saturated rings. The molecule has 2 heterocycles. The van der Waals surface area contributed by atoms with Crippen molar-refractivity contribution in [1.82, 2.24) is 9.88 Å². The lowest BCUT2D eigenvalue weighted by atomic mass is 9.87. The summed E-state index contributed by atoms with van der Waals surface area (Å²) in [5, 5.41) is 0.476. The quantitative estimate of drug-likeness (QED) is 0.382. The topological polar surface area (TPSA) is 79.8 Å². The van der Waals surface area contributed by atoms with Gasteiger partial charge < -0.3 is 9.64 Å². The van der Waals surface area contributed by atoms with Crippen LogP contribution in [0.5, 0.6) is 11.5 Å². The zero-order chi connectivity index (χ0) is 24.7. The fourth-order valence-corrected chi connectivity index (χ4v) is 6.18. The number of thiazole rings is 1. The standard InChI is InChI=1S/C26H25N3O4S2/c1-28(2)15-16-29(26-27-24-21(34-26)13-8-14-22(24)35(3,31)32)25(30)23-17-9-4-6-11-19(17)33-20-12-7-5-10-18(20)23/h4-14,23H,15-16H2,1-3H3. The van der Waals surface area contributed by atoms with Crippen molar-refractivity contribution in [2.24, 2.45) is 0 Å². The fraction of sp³-hybridized carbons (Fsp3) is 0.231. The van der Waals surface area contributed by atoms with Crippen LogP contribution in [0.3, 0.4) is 0 Å². The summed E-state index contributed by atoms with van der Waals surface area (Å²) in [6.45, 7) is 1.02. The van der Waals surface area contributed by atoms with Gasteiger partial charge >= 0.3 is 0 Å². The van der Waals surface area contributed by atoms with Gasteiger partial charge in [0.25, 0.3) is 0 Å². The van der Waals surface area contributed by atoms with Crippen LogP contribution in [0.2, 0.25) is 0 Å². The minimum Gasteiger partial charge on any atom is -0.457 e. The highest BCUT2D eigenvalue weighted by Gasteiger charge is 2.36. The molecule has 0 unspecified atom stereocenters. The van der Waals surface area contributed by atoms with Crippen molar-refractivity contribution in [2.75, 3.05) is 38.3 Å². The van der Waals surface area contributed by atoms with Crippen molar-refractivity contribution >= 4 is 42.4 Å². The van der Waals surface area contributed by atoms with Gasteiger partial charge in [0, 0.05) is 30.5 Å². The van der Waals surface area contributed by atoms with Gasteiger partial charge in [0.15, 0.2) is 15.0 Å². The first-order chi connectivity index (χ1) is 16.7. The monoisotopic (exact) mass is 507 g/mol. The summed E-state index contributed by atoms with van der Waals surface area (Å²) in [6.07, 6.45) is 1.17. The second-order valence-corrected chi connectivity index (χ2v) is 11.8. The Morgan fingerprint density at radius 1 is 0.943 bits per heavy atom. The van der Waals surface area contributed by atoms with Crippen LogP contribution in [0.1, 0.15) is 17.0 Å². The van der Waals surface area contributed by atoms with Gasteiger partial charge in [-0.25, -0.2) is 13.4 Å². The Labute approximate surface area is 208 Å². The third-order valence-electron chi connectivity index (χ3n) is 5.96. The van der Waals surface area contributed by atoms with Gasteiger partial charge in [-0.2, -0.15) is 0 Å². The molecular formula is C26H25N3O4S2. The molecule has 0 bridgehead atoms. The van der Waals surface area contributed by atoms with Crippen molar-refractivity contribution in [3.8, 4) is 11.5 Å². The SMILES string of the molecule is CN(C)CCN(C(=O)C1c2ccccc2Oc2ccccc21)c1nc2c(S(C)(=O)=O)cccc2s1. The molecule has 3 aromatic carbocycles. The van der Waals surface area contributed by atoms with Gasteiger partial charge in [-0.1, -0.05) is 53.8 Å². The maximum absolute atomic E-state index is 14.3. The van der Waals surface area contributed by atoms with E-state index >= 15 is 0 Å². The van der Waals surface area contributed by atoms with E-state index in [2.05, 4.69) is 4.98 Å². The molecule has 5 rings (SSSR count). The smallest absolute Gasteiger partial charge is 0.241 e. The number of para-hydroxylation sites is 3. The van der Waals surface area contributed by atoms with E-state index in [0.29, 0.717) is 35.2 Å². The molecule has 1 aliphatic heterocycles. The number of likely N-dealkylation sites (N-methyl/N-ethyl adjacent to an activating group) is 1. The summed E-state index contributed by atoms with van der Waals surface area (Å²) in [4.78, 5) is 22.8. The third kappa shape index (κ3) is 4.42. The van der Waals surface area contributed by atoms with E-state index < -0.39 is 15.8 Å². The lowest BCUT2D eigenvalue weighted by Gasteiger charge is -2.31. The number of hydrogen-bond donors (Lipinski definition) is 0. The van der Waals surface area contributed by atoms with Crippen molar-refractivity contribution in [3.05, 3.63) is 77.9 Å². The number of aromatic nitrogens is 1. The minimum absolute atomic E-state index is 0.130. The zero-order valence-electron chi connectivity index (χ0n) is 19.6. The Balaban J connectivity index is 1.65. The predicted octanol–water partition coefficient (Wildman–Crippen LogP) is 4.53. The Hall–Kier alpha value is -3.27. The van der Waals surface area contributed by atoms with Crippen molar-refractivity contribution in [1.29, 1.82) is 0 Å². The molecule has 0 aliphatic carbocycles. The van der Waals surface area contributed by atoms with Crippen LogP contribution in [0, 0.1) is 0 Å². The Morgan fingerprint density at radius 3 is 2.17 bits per heavy atom. The molecule has 35 heavy (non-hydrogen) atoms. The minimum atomic E-state index is -3.47. The van der Waals surface area contributed by atoms with Crippen LogP contribution < -0.4 is 9.64 Å². The van der Waals surface area contributed by atoms with Crippen LogP contribution in [0.4, 0.5) is 5.13 Å². The summed E-state index contributed by atoms with van der Waals surface area (Å²) >= 11 is 1.32. The molecule has 4 aromatic rings. The third-order valence-corrected chi connectivity index (χ3v) is 8.14. The van der Waals surface area contributed by atoms with E-state index in [0.717, 1.165) is 15.8 Å². The van der Waals surface area contributed by atoms with Gasteiger partial charge in [0.05, 0.1) is 15.5 Å². The summed E-state index contributed by atoms with van der Waals surface area (Å²) < 4.78 is 31.5. The average molecular weight is 508 g/mol. The van der Waals surface area contributed by atoms with Crippen molar-refractivity contribution in [3.63, 3.8) is 0 Å². The van der Waals surface area contributed by atoms with Gasteiger partial charge in [0.2, 0.25) is 5.91 Å². The van der Waals surface area contributed by atoms with E-state index in [1.807, 2.05) is 73.6 Å². The number of benzene rings is 3. The number of ether oxygens (including phenoxy) is 1. The van der Waals surface area contributed by atoms with Gasteiger partial charge in [-0.05, 0) is 38.4 Å². The van der Waals surface area contributed by atoms with Crippen LogP contribution in [0.25, 0.3) is 10.2 Å². The predicted molar refractivity (Wildman–Crippen MR) is 138 cm³/mol. The molecule has 180 valence electrons. The number of carbonyl (C=O) groups excluding carboxylic acids is 1. The average Bonchev–Trinajstić information content (AvgIpc) is 3.25. The van der Waals surface area contributed by atoms with Gasteiger partial charge in [0.1, 0.15) is 17.0 Å². The van der Waals surface area contributed by atoms with E-state index in [4.69, 9.17) is 4.74 Å². The Kier molecular flexibility index (Phi) is 6.08. The number of fused-ring (bicyclic) bond motifs is 3. The summed E-state index contributed by atoms with van der Waals surface area (Å²) in [5.41, 5.74) is 1.98. The first-order valence-corrected chi connectivity index (χ1v) is 13.9. The number of hydrogen-bond acceptors (Lipinski definition) is 7. The van der Waals surface area contributed by atoms with Crippen LogP contribution in [-0.2, 0) is 14.6 Å². The van der Waals surface area contributed by atoms with Gasteiger partial charge in [-0.3, -0.25) is 9.69 Å². The second-order valence-electron chi connectivity index (χ2n) is 8.78. The van der Waals surface area contributed by atoms with Crippen LogP contribution in [0.15, 0.2) is 71.6 Å². The Bertz CT molecular complexity index is 1480. The first kappa shape index (κ1) is 23.5. The first-order valence-electron chi connectivity index (χ1n) is 11.2. The molecule has 1 amide bonds. The molecule has 0 N–H and O–H groups in total. The second kappa shape index (κ2) is 9.07. The summed E-state index contributed by atoms with van der Waals surface area (Å²) in [5.74, 6) is 0.608.